The summed E-state index contributed by atoms with van der Waals surface area (Å²) < 4.78 is 1.45. The van der Waals surface area contributed by atoms with Crippen LogP contribution in [0, 0.1) is 0 Å². The minimum absolute atomic E-state index is 0.358. The summed E-state index contributed by atoms with van der Waals surface area (Å²) in [6.07, 6.45) is 0. The van der Waals surface area contributed by atoms with Crippen LogP contribution in [0.2, 0.25) is 5.71 Å². The van der Waals surface area contributed by atoms with Crippen molar-refractivity contribution in [3.05, 3.63) is 0 Å². The number of rotatable bonds is 2. The Kier molecular flexibility index (Phi) is 4.37. The van der Waals surface area contributed by atoms with Gasteiger partial charge in [-0.3, -0.25) is 0 Å². The Balaban J connectivity index is 4.01. The SMILES string of the molecule is C[As]=C(N(C)C)N(C)C. The van der Waals surface area contributed by atoms with Crippen LogP contribution in [0.5, 0.6) is 0 Å². The van der Waals surface area contributed by atoms with E-state index in [0.717, 1.165) is 0 Å². The van der Waals surface area contributed by atoms with Crippen molar-refractivity contribution < 1.29 is 0 Å². The third kappa shape index (κ3) is 3.14. The first kappa shape index (κ1) is 9.35. The maximum atomic E-state index is 2.26. The normalized spacial score (nSPS) is 11.4. The van der Waals surface area contributed by atoms with Crippen LogP contribution in [0.1, 0.15) is 0 Å². The first-order valence-electron chi connectivity index (χ1n) is 2.91. The predicted molar refractivity (Wildman–Crippen MR) is 44.0 cm³/mol. The van der Waals surface area contributed by atoms with Crippen molar-refractivity contribution in [2.24, 2.45) is 0 Å². The summed E-state index contributed by atoms with van der Waals surface area (Å²) in [4.78, 5) is 4.36. The molecule has 0 rings (SSSR count). The van der Waals surface area contributed by atoms with Crippen LogP contribution in [0.15, 0.2) is 0 Å². The van der Waals surface area contributed by atoms with Crippen LogP contribution in [0.3, 0.4) is 0 Å². The molecule has 9 heavy (non-hydrogen) atoms. The van der Waals surface area contributed by atoms with E-state index in [1.165, 1.54) is 4.55 Å². The van der Waals surface area contributed by atoms with Gasteiger partial charge in [0.1, 0.15) is 0 Å². The van der Waals surface area contributed by atoms with Gasteiger partial charge in [0, 0.05) is 0 Å². The zero-order chi connectivity index (χ0) is 7.44. The molecule has 0 spiro atoms. The Morgan fingerprint density at radius 3 is 1.33 bits per heavy atom. The van der Waals surface area contributed by atoms with Crippen LogP contribution in [-0.4, -0.2) is 57.9 Å². The monoisotopic (exact) mass is 190 g/mol. The van der Waals surface area contributed by atoms with Gasteiger partial charge in [0.05, 0.1) is 0 Å². The van der Waals surface area contributed by atoms with Crippen molar-refractivity contribution in [3.63, 3.8) is 0 Å². The van der Waals surface area contributed by atoms with E-state index in [4.69, 9.17) is 0 Å². The van der Waals surface area contributed by atoms with Gasteiger partial charge < -0.3 is 0 Å². The molecule has 2 nitrogen and oxygen atoms in total. The van der Waals surface area contributed by atoms with E-state index in [1.807, 2.05) is 0 Å². The molecule has 0 aliphatic carbocycles. The van der Waals surface area contributed by atoms with E-state index in [-0.39, 0.29) is 0 Å². The maximum absolute atomic E-state index is 2.26. The molecule has 0 saturated heterocycles. The Hall–Kier alpha value is 0.348. The van der Waals surface area contributed by atoms with Gasteiger partial charge in [0.25, 0.3) is 0 Å². The Bertz CT molecular complexity index is 97.6. The van der Waals surface area contributed by atoms with Crippen molar-refractivity contribution in [3.8, 4) is 0 Å². The third-order valence-electron chi connectivity index (χ3n) is 1.000. The topological polar surface area (TPSA) is 6.48 Å². The summed E-state index contributed by atoms with van der Waals surface area (Å²) in [5.74, 6) is 0. The molecule has 0 N–H and O–H groups in total. The molecular weight excluding hydrogens is 175 g/mol. The minimum atomic E-state index is 0.358. The van der Waals surface area contributed by atoms with Crippen molar-refractivity contribution in [2.45, 2.75) is 5.71 Å². The van der Waals surface area contributed by atoms with E-state index < -0.39 is 0 Å². The molecule has 0 amide bonds. The fourth-order valence-electron chi connectivity index (χ4n) is 0.800. The molecule has 0 saturated carbocycles. The van der Waals surface area contributed by atoms with Crippen LogP contribution in [-0.2, 0) is 0 Å². The van der Waals surface area contributed by atoms with Crippen LogP contribution < -0.4 is 0 Å². The summed E-state index contributed by atoms with van der Waals surface area (Å²) in [5.41, 5.74) is 2.26. The Labute approximate surface area is 64.1 Å². The molecule has 54 valence electrons. The fraction of sp³-hybridized carbons (Fsp3) is 0.833. The van der Waals surface area contributed by atoms with Gasteiger partial charge in [0.2, 0.25) is 0 Å². The molecule has 0 unspecified atom stereocenters. The molecule has 0 aromatic carbocycles. The number of nitrogens with zero attached hydrogens (tertiary/aromatic N) is 2. The zero-order valence-electron chi connectivity index (χ0n) is 6.84. The zero-order valence-corrected chi connectivity index (χ0v) is 8.72. The number of hydrogen-bond donors (Lipinski definition) is 0. The second-order valence-electron chi connectivity index (χ2n) is 2.31. The van der Waals surface area contributed by atoms with Gasteiger partial charge >= 0.3 is 63.6 Å². The molecule has 0 aromatic rings. The molecule has 0 atom stereocenters. The second-order valence-corrected chi connectivity index (χ2v) is 4.09. The van der Waals surface area contributed by atoms with E-state index in [0.29, 0.717) is 15.3 Å². The van der Waals surface area contributed by atoms with Gasteiger partial charge in [0.15, 0.2) is 0 Å². The van der Waals surface area contributed by atoms with Gasteiger partial charge in [-0.15, -0.1) is 0 Å². The molecule has 0 radical (unpaired) electrons. The van der Waals surface area contributed by atoms with Crippen molar-refractivity contribution in [1.29, 1.82) is 0 Å². The second kappa shape index (κ2) is 4.21. The molecule has 0 aliphatic rings. The third-order valence-corrected chi connectivity index (χ3v) is 3.52. The summed E-state index contributed by atoms with van der Waals surface area (Å²) in [7, 11) is 8.37. The molecule has 0 heterocycles. The molecule has 0 fully saturated rings. The van der Waals surface area contributed by atoms with Gasteiger partial charge in [-0.1, -0.05) is 0 Å². The molecule has 0 aromatic heterocycles. The molecule has 0 aliphatic heterocycles. The quantitative estimate of drug-likeness (QED) is 0.563. The summed E-state index contributed by atoms with van der Waals surface area (Å²) in [6.45, 7) is 0. The average molecular weight is 190 g/mol. The van der Waals surface area contributed by atoms with E-state index >= 15 is 0 Å². The summed E-state index contributed by atoms with van der Waals surface area (Å²) in [6, 6.07) is 0. The summed E-state index contributed by atoms with van der Waals surface area (Å²) >= 11 is 0.358. The van der Waals surface area contributed by atoms with Crippen LogP contribution >= 0.6 is 0 Å². The predicted octanol–water partition coefficient (Wildman–Crippen LogP) is -0.0507. The Morgan fingerprint density at radius 1 is 1.00 bits per heavy atom. The first-order valence-corrected chi connectivity index (χ1v) is 5.72. The van der Waals surface area contributed by atoms with E-state index in [1.54, 1.807) is 0 Å². The average Bonchev–Trinajstić information content (AvgIpc) is 1.64. The van der Waals surface area contributed by atoms with E-state index in [9.17, 15) is 0 Å². The Morgan fingerprint density at radius 2 is 1.33 bits per heavy atom. The molecule has 0 bridgehead atoms. The van der Waals surface area contributed by atoms with Crippen LogP contribution in [0.25, 0.3) is 0 Å². The first-order chi connectivity index (χ1) is 4.09. The van der Waals surface area contributed by atoms with E-state index in [2.05, 4.69) is 43.7 Å². The van der Waals surface area contributed by atoms with Gasteiger partial charge in [-0.05, 0) is 0 Å². The fourth-order valence-corrected chi connectivity index (χ4v) is 2.48. The standard InChI is InChI=1S/C6H15AsN2/c1-7-6(8(2)3)9(4)5/h1-5H3. The molecular formula is C6H15AsN2. The summed E-state index contributed by atoms with van der Waals surface area (Å²) in [5, 5.41) is 0. The van der Waals surface area contributed by atoms with Gasteiger partial charge in [-0.2, -0.15) is 0 Å². The van der Waals surface area contributed by atoms with Crippen LogP contribution in [0.4, 0.5) is 0 Å². The number of hydrogen-bond acceptors (Lipinski definition) is 2. The van der Waals surface area contributed by atoms with Gasteiger partial charge in [-0.25, -0.2) is 0 Å². The van der Waals surface area contributed by atoms with Crippen molar-refractivity contribution >= 4 is 19.9 Å². The van der Waals surface area contributed by atoms with Crippen molar-refractivity contribution in [2.75, 3.05) is 28.2 Å². The van der Waals surface area contributed by atoms with Crippen molar-refractivity contribution in [1.82, 2.24) is 9.80 Å². The molecule has 3 heteroatoms.